The van der Waals surface area contributed by atoms with Crippen LogP contribution < -0.4 is 24.4 Å². The van der Waals surface area contributed by atoms with Crippen LogP contribution in [0.3, 0.4) is 0 Å². The van der Waals surface area contributed by atoms with Gasteiger partial charge in [-0.3, -0.25) is 9.36 Å². The van der Waals surface area contributed by atoms with Crippen molar-refractivity contribution in [3.8, 4) is 11.5 Å². The summed E-state index contributed by atoms with van der Waals surface area (Å²) in [4.78, 5) is 31.8. The van der Waals surface area contributed by atoms with Gasteiger partial charge in [-0.25, -0.2) is 14.2 Å². The molecule has 5 rings (SSSR count). The van der Waals surface area contributed by atoms with Crippen LogP contribution in [0.4, 0.5) is 4.39 Å². The highest BCUT2D eigenvalue weighted by atomic mass is 35.5. The third-order valence-electron chi connectivity index (χ3n) is 6.57. The van der Waals surface area contributed by atoms with Gasteiger partial charge in [-0.1, -0.05) is 58.8 Å². The van der Waals surface area contributed by atoms with Gasteiger partial charge < -0.3 is 14.2 Å². The van der Waals surface area contributed by atoms with Crippen LogP contribution in [0.2, 0.25) is 10.0 Å². The quantitative estimate of drug-likeness (QED) is 0.230. The lowest BCUT2D eigenvalue weighted by Gasteiger charge is -2.24. The maximum absolute atomic E-state index is 13.8. The Kier molecular flexibility index (Phi) is 8.82. The molecule has 11 heteroatoms. The molecule has 0 amide bonds. The lowest BCUT2D eigenvalue weighted by molar-refractivity contribution is -0.139. The number of rotatable bonds is 8. The van der Waals surface area contributed by atoms with E-state index in [2.05, 4.69) is 4.99 Å². The summed E-state index contributed by atoms with van der Waals surface area (Å²) in [6, 6.07) is 15.4. The zero-order valence-corrected chi connectivity index (χ0v) is 25.1. The summed E-state index contributed by atoms with van der Waals surface area (Å²) in [5.74, 6) is -0.0270. The Labute approximate surface area is 254 Å². The third kappa shape index (κ3) is 5.99. The number of carbonyl (C=O) groups excluding carboxylic acids is 1. The Morgan fingerprint density at radius 3 is 2.52 bits per heavy atom. The minimum atomic E-state index is -0.824. The van der Waals surface area contributed by atoms with Crippen LogP contribution in [-0.2, 0) is 16.1 Å². The van der Waals surface area contributed by atoms with Crippen molar-refractivity contribution in [2.75, 3.05) is 13.7 Å². The number of hydrogen-bond acceptors (Lipinski definition) is 7. The van der Waals surface area contributed by atoms with Crippen molar-refractivity contribution in [2.24, 2.45) is 4.99 Å². The Morgan fingerprint density at radius 1 is 1.07 bits per heavy atom. The van der Waals surface area contributed by atoms with E-state index >= 15 is 0 Å². The van der Waals surface area contributed by atoms with Gasteiger partial charge in [-0.2, -0.15) is 0 Å². The summed E-state index contributed by atoms with van der Waals surface area (Å²) < 4.78 is 32.4. The van der Waals surface area contributed by atoms with Crippen LogP contribution in [0.25, 0.3) is 6.08 Å². The van der Waals surface area contributed by atoms with Gasteiger partial charge in [0.05, 0.1) is 45.6 Å². The van der Waals surface area contributed by atoms with Crippen molar-refractivity contribution in [3.05, 3.63) is 124 Å². The molecule has 42 heavy (non-hydrogen) atoms. The number of ether oxygens (including phenoxy) is 3. The Morgan fingerprint density at radius 2 is 1.83 bits per heavy atom. The second-order valence-electron chi connectivity index (χ2n) is 9.30. The summed E-state index contributed by atoms with van der Waals surface area (Å²) in [6.07, 6.45) is 1.72. The summed E-state index contributed by atoms with van der Waals surface area (Å²) in [5, 5.41) is 0.900. The number of aromatic nitrogens is 1. The molecule has 4 aromatic rings. The van der Waals surface area contributed by atoms with Crippen molar-refractivity contribution in [2.45, 2.75) is 26.5 Å². The number of halogens is 3. The third-order valence-corrected chi connectivity index (χ3v) is 8.29. The Bertz CT molecular complexity index is 1880. The molecule has 3 aromatic carbocycles. The molecule has 1 atom stereocenters. The number of fused-ring (bicyclic) bond motifs is 1. The van der Waals surface area contributed by atoms with Crippen molar-refractivity contribution >= 4 is 46.6 Å². The van der Waals surface area contributed by atoms with Gasteiger partial charge in [0.2, 0.25) is 0 Å². The molecular weight excluding hydrogens is 602 g/mol. The van der Waals surface area contributed by atoms with Crippen molar-refractivity contribution in [1.29, 1.82) is 0 Å². The topological polar surface area (TPSA) is 79.1 Å². The van der Waals surface area contributed by atoms with E-state index in [1.807, 2.05) is 6.07 Å². The average molecular weight is 628 g/mol. The van der Waals surface area contributed by atoms with E-state index in [-0.39, 0.29) is 24.3 Å². The number of methoxy groups -OCH3 is 1. The minimum Gasteiger partial charge on any atom is -0.493 e. The monoisotopic (exact) mass is 626 g/mol. The zero-order chi connectivity index (χ0) is 30.0. The second-order valence-corrected chi connectivity index (χ2v) is 11.1. The van der Waals surface area contributed by atoms with E-state index in [1.54, 1.807) is 62.4 Å². The molecule has 2 heterocycles. The number of carbonyl (C=O) groups is 1. The smallest absolute Gasteiger partial charge is 0.338 e. The summed E-state index contributed by atoms with van der Waals surface area (Å²) in [5.41, 5.74) is 2.41. The molecule has 0 N–H and O–H groups in total. The van der Waals surface area contributed by atoms with Gasteiger partial charge in [-0.05, 0) is 73.0 Å². The maximum Gasteiger partial charge on any atom is 0.338 e. The van der Waals surface area contributed by atoms with Gasteiger partial charge in [0, 0.05) is 0 Å². The fourth-order valence-electron chi connectivity index (χ4n) is 4.59. The maximum atomic E-state index is 13.8. The molecule has 0 saturated carbocycles. The molecule has 1 aliphatic heterocycles. The molecule has 0 aliphatic carbocycles. The molecule has 1 aromatic heterocycles. The van der Waals surface area contributed by atoms with Gasteiger partial charge in [0.25, 0.3) is 5.56 Å². The van der Waals surface area contributed by atoms with Gasteiger partial charge in [-0.15, -0.1) is 0 Å². The molecule has 0 spiro atoms. The molecule has 0 unspecified atom stereocenters. The van der Waals surface area contributed by atoms with Crippen LogP contribution in [0.15, 0.2) is 81.7 Å². The van der Waals surface area contributed by atoms with E-state index in [4.69, 9.17) is 37.4 Å². The highest BCUT2D eigenvalue weighted by Crippen LogP contribution is 2.32. The zero-order valence-electron chi connectivity index (χ0n) is 22.8. The minimum absolute atomic E-state index is 0.158. The van der Waals surface area contributed by atoms with E-state index in [1.165, 1.54) is 35.1 Å². The number of nitrogens with zero attached hydrogens (tertiary/aromatic N) is 2. The number of benzene rings is 3. The average Bonchev–Trinajstić information content (AvgIpc) is 3.27. The lowest BCUT2D eigenvalue weighted by Crippen LogP contribution is -2.39. The van der Waals surface area contributed by atoms with Crippen molar-refractivity contribution in [3.63, 3.8) is 0 Å². The molecule has 1 aliphatic rings. The van der Waals surface area contributed by atoms with E-state index in [0.717, 1.165) is 5.56 Å². The predicted octanol–water partition coefficient (Wildman–Crippen LogP) is 5.83. The van der Waals surface area contributed by atoms with Crippen molar-refractivity contribution in [1.82, 2.24) is 4.57 Å². The lowest BCUT2D eigenvalue weighted by atomic mass is 9.96. The number of allylic oxidation sites excluding steroid dienone is 1. The molecular formula is C31H25Cl2FN2O5S. The predicted molar refractivity (Wildman–Crippen MR) is 161 cm³/mol. The SMILES string of the molecule is CCOC(=O)C1=C(C)N=c2s/c(=C\c3ccc(OCc4ccc(Cl)c(Cl)c4)c(OC)c3)c(=O)n2[C@@H]1c1ccc(F)cc1. The summed E-state index contributed by atoms with van der Waals surface area (Å²) >= 11 is 13.3. The second kappa shape index (κ2) is 12.5. The van der Waals surface area contributed by atoms with E-state index < -0.39 is 17.8 Å². The highest BCUT2D eigenvalue weighted by molar-refractivity contribution is 7.07. The van der Waals surface area contributed by atoms with E-state index in [9.17, 15) is 14.0 Å². The van der Waals surface area contributed by atoms with E-state index in [0.29, 0.717) is 47.7 Å². The number of hydrogen-bond donors (Lipinski definition) is 0. The largest absolute Gasteiger partial charge is 0.493 e. The molecule has 0 fully saturated rings. The normalized spacial score (nSPS) is 14.8. The first kappa shape index (κ1) is 29.6. The first-order valence-corrected chi connectivity index (χ1v) is 14.5. The standard InChI is InChI=1S/C31H25Cl2FN2O5S/c1-4-40-30(38)27-17(2)35-31-36(28(27)20-7-9-21(34)10-8-20)29(37)26(42-31)15-18-6-12-24(25(14-18)39-3)41-16-19-5-11-22(32)23(33)13-19/h5-15,28H,4,16H2,1-3H3/b26-15-/t28-/m1/s1. The van der Waals surface area contributed by atoms with Gasteiger partial charge in [0.15, 0.2) is 16.3 Å². The van der Waals surface area contributed by atoms with Crippen LogP contribution >= 0.6 is 34.5 Å². The fourth-order valence-corrected chi connectivity index (χ4v) is 5.95. The summed E-state index contributed by atoms with van der Waals surface area (Å²) in [7, 11) is 1.53. The van der Waals surface area contributed by atoms with Crippen LogP contribution in [0.1, 0.15) is 36.6 Å². The van der Waals surface area contributed by atoms with Gasteiger partial charge in [0.1, 0.15) is 12.4 Å². The molecule has 0 saturated heterocycles. The molecule has 216 valence electrons. The first-order chi connectivity index (χ1) is 20.2. The number of thiazole rings is 1. The molecule has 0 radical (unpaired) electrons. The molecule has 0 bridgehead atoms. The fraction of sp³-hybridized carbons (Fsp3) is 0.194. The first-order valence-electron chi connectivity index (χ1n) is 12.9. The van der Waals surface area contributed by atoms with Crippen LogP contribution in [-0.4, -0.2) is 24.3 Å². The van der Waals surface area contributed by atoms with Crippen LogP contribution in [0.5, 0.6) is 11.5 Å². The number of esters is 1. The Hall–Kier alpha value is -3.92. The highest BCUT2D eigenvalue weighted by Gasteiger charge is 2.33. The van der Waals surface area contributed by atoms with Crippen molar-refractivity contribution < 1.29 is 23.4 Å². The van der Waals surface area contributed by atoms with Gasteiger partial charge >= 0.3 is 5.97 Å². The Balaban J connectivity index is 1.52. The van der Waals surface area contributed by atoms with Crippen LogP contribution in [0, 0.1) is 5.82 Å². The summed E-state index contributed by atoms with van der Waals surface area (Å²) in [6.45, 7) is 3.80. The molecule has 7 nitrogen and oxygen atoms in total.